The van der Waals surface area contributed by atoms with Crippen LogP contribution in [-0.2, 0) is 9.53 Å². The molecule has 2 aromatic carbocycles. The van der Waals surface area contributed by atoms with Gasteiger partial charge in [0.25, 0.3) is 5.91 Å². The Hall–Kier alpha value is -3.55. The molecular formula is C21H21N5O3. The van der Waals surface area contributed by atoms with Crippen LogP contribution in [0.1, 0.15) is 41.3 Å². The number of amides is 1. The molecule has 0 saturated carbocycles. The molecule has 1 aliphatic rings. The average Bonchev–Trinajstić information content (AvgIpc) is 3.33. The highest BCUT2D eigenvalue weighted by atomic mass is 16.5. The summed E-state index contributed by atoms with van der Waals surface area (Å²) < 4.78 is 7.15. The van der Waals surface area contributed by atoms with Crippen LogP contribution in [0.2, 0.25) is 0 Å². The zero-order valence-corrected chi connectivity index (χ0v) is 15.8. The highest BCUT2D eigenvalue weighted by Crippen LogP contribution is 2.25. The molecule has 1 aliphatic heterocycles. The van der Waals surface area contributed by atoms with Crippen LogP contribution in [0.5, 0.6) is 0 Å². The Labute approximate surface area is 168 Å². The van der Waals surface area contributed by atoms with Crippen molar-refractivity contribution in [3.8, 4) is 5.69 Å². The monoisotopic (exact) mass is 391 g/mol. The van der Waals surface area contributed by atoms with Gasteiger partial charge in [-0.05, 0) is 41.8 Å². The molecule has 1 aromatic heterocycles. The van der Waals surface area contributed by atoms with Crippen molar-refractivity contribution >= 4 is 11.9 Å². The van der Waals surface area contributed by atoms with Gasteiger partial charge in [0.1, 0.15) is 6.33 Å². The summed E-state index contributed by atoms with van der Waals surface area (Å²) >= 11 is 0. The van der Waals surface area contributed by atoms with Crippen molar-refractivity contribution < 1.29 is 14.3 Å². The zero-order chi connectivity index (χ0) is 20.1. The second kappa shape index (κ2) is 8.64. The summed E-state index contributed by atoms with van der Waals surface area (Å²) in [6, 6.07) is 16.0. The van der Waals surface area contributed by atoms with Gasteiger partial charge >= 0.3 is 5.97 Å². The SMILES string of the molecule is O=C(O[C@H](C(=O)N1CCCCC1)c1ccccc1)c1ccccc1-n1cnnn1. The molecule has 1 amide bonds. The van der Waals surface area contributed by atoms with Gasteiger partial charge in [0.15, 0.2) is 0 Å². The third kappa shape index (κ3) is 4.16. The van der Waals surface area contributed by atoms with Gasteiger partial charge in [-0.15, -0.1) is 5.10 Å². The van der Waals surface area contributed by atoms with Crippen LogP contribution < -0.4 is 0 Å². The van der Waals surface area contributed by atoms with Crippen LogP contribution in [0.3, 0.4) is 0 Å². The molecule has 2 heterocycles. The highest BCUT2D eigenvalue weighted by molar-refractivity contribution is 5.95. The van der Waals surface area contributed by atoms with E-state index in [0.717, 1.165) is 19.3 Å². The van der Waals surface area contributed by atoms with Crippen LogP contribution in [0.25, 0.3) is 5.69 Å². The molecule has 148 valence electrons. The summed E-state index contributed by atoms with van der Waals surface area (Å²) in [6.07, 6.45) is 3.44. The fourth-order valence-corrected chi connectivity index (χ4v) is 3.46. The molecule has 1 fully saturated rings. The average molecular weight is 391 g/mol. The lowest BCUT2D eigenvalue weighted by Crippen LogP contribution is -2.40. The number of esters is 1. The van der Waals surface area contributed by atoms with Gasteiger partial charge in [-0.3, -0.25) is 4.79 Å². The zero-order valence-electron chi connectivity index (χ0n) is 15.8. The van der Waals surface area contributed by atoms with E-state index in [4.69, 9.17) is 4.74 Å². The van der Waals surface area contributed by atoms with Gasteiger partial charge in [-0.1, -0.05) is 42.5 Å². The van der Waals surface area contributed by atoms with E-state index < -0.39 is 12.1 Å². The number of carbonyl (C=O) groups is 2. The van der Waals surface area contributed by atoms with Crippen molar-refractivity contribution in [2.24, 2.45) is 0 Å². The lowest BCUT2D eigenvalue weighted by Gasteiger charge is -2.30. The van der Waals surface area contributed by atoms with Gasteiger partial charge in [0.2, 0.25) is 6.10 Å². The summed E-state index contributed by atoms with van der Waals surface area (Å²) in [6.45, 7) is 1.36. The molecule has 0 aliphatic carbocycles. The number of piperidine rings is 1. The summed E-state index contributed by atoms with van der Waals surface area (Å²) in [5.41, 5.74) is 1.42. The van der Waals surface area contributed by atoms with Crippen molar-refractivity contribution in [2.75, 3.05) is 13.1 Å². The largest absolute Gasteiger partial charge is 0.444 e. The minimum absolute atomic E-state index is 0.191. The van der Waals surface area contributed by atoms with Crippen molar-refractivity contribution in [1.82, 2.24) is 25.1 Å². The van der Waals surface area contributed by atoms with Gasteiger partial charge in [0.05, 0.1) is 11.3 Å². The maximum Gasteiger partial charge on any atom is 0.341 e. The molecule has 0 radical (unpaired) electrons. The Morgan fingerprint density at radius 2 is 1.66 bits per heavy atom. The maximum absolute atomic E-state index is 13.2. The number of likely N-dealkylation sites (tertiary alicyclic amines) is 1. The minimum atomic E-state index is -0.997. The van der Waals surface area contributed by atoms with Crippen molar-refractivity contribution in [3.05, 3.63) is 72.1 Å². The fraction of sp³-hybridized carbons (Fsp3) is 0.286. The Morgan fingerprint density at radius 1 is 0.931 bits per heavy atom. The summed E-state index contributed by atoms with van der Waals surface area (Å²) in [5.74, 6) is -0.792. The Morgan fingerprint density at radius 3 is 2.38 bits per heavy atom. The van der Waals surface area contributed by atoms with Gasteiger partial charge < -0.3 is 9.64 Å². The quantitative estimate of drug-likeness (QED) is 0.621. The molecule has 3 aromatic rings. The lowest BCUT2D eigenvalue weighted by atomic mass is 10.1. The maximum atomic E-state index is 13.2. The number of hydrogen-bond donors (Lipinski definition) is 0. The van der Waals surface area contributed by atoms with Crippen molar-refractivity contribution in [3.63, 3.8) is 0 Å². The van der Waals surface area contributed by atoms with Gasteiger partial charge in [-0.2, -0.15) is 4.68 Å². The number of carbonyl (C=O) groups excluding carboxylic acids is 2. The van der Waals surface area contributed by atoms with Crippen LogP contribution in [0, 0.1) is 0 Å². The molecule has 4 rings (SSSR count). The van der Waals surface area contributed by atoms with Crippen molar-refractivity contribution in [1.29, 1.82) is 0 Å². The first-order valence-electron chi connectivity index (χ1n) is 9.61. The summed E-state index contributed by atoms with van der Waals surface area (Å²) in [7, 11) is 0. The first-order chi connectivity index (χ1) is 14.2. The van der Waals surface area contributed by atoms with E-state index in [1.165, 1.54) is 11.0 Å². The van der Waals surface area contributed by atoms with E-state index >= 15 is 0 Å². The van der Waals surface area contributed by atoms with E-state index in [0.29, 0.717) is 24.3 Å². The standard InChI is InChI=1S/C21H21N5O3/c27-20(25-13-7-2-8-14-25)19(16-9-3-1-4-10-16)29-21(28)17-11-5-6-12-18(17)26-15-22-23-24-26/h1,3-6,9-12,15,19H,2,7-8,13-14H2/t19-/m0/s1. The predicted octanol–water partition coefficient (Wildman–Crippen LogP) is 2.57. The van der Waals surface area contributed by atoms with E-state index in [-0.39, 0.29) is 11.5 Å². The Balaban J connectivity index is 1.63. The molecule has 8 nitrogen and oxygen atoms in total. The van der Waals surface area contributed by atoms with E-state index in [2.05, 4.69) is 15.5 Å². The molecule has 0 unspecified atom stereocenters. The second-order valence-electron chi connectivity index (χ2n) is 6.85. The Bertz CT molecular complexity index is 969. The lowest BCUT2D eigenvalue weighted by molar-refractivity contribution is -0.142. The van der Waals surface area contributed by atoms with Crippen LogP contribution in [0.4, 0.5) is 0 Å². The number of benzene rings is 2. The van der Waals surface area contributed by atoms with Crippen LogP contribution in [0.15, 0.2) is 60.9 Å². The number of ether oxygens (including phenoxy) is 1. The van der Waals surface area contributed by atoms with Crippen LogP contribution in [-0.4, -0.2) is 50.1 Å². The summed E-state index contributed by atoms with van der Waals surface area (Å²) in [4.78, 5) is 28.0. The molecule has 8 heteroatoms. The third-order valence-corrected chi connectivity index (χ3v) is 4.94. The number of aromatic nitrogens is 4. The summed E-state index contributed by atoms with van der Waals surface area (Å²) in [5, 5.41) is 11.1. The first kappa shape index (κ1) is 18.8. The molecule has 0 N–H and O–H groups in total. The highest BCUT2D eigenvalue weighted by Gasteiger charge is 2.31. The van der Waals surface area contributed by atoms with E-state index in [9.17, 15) is 9.59 Å². The topological polar surface area (TPSA) is 90.2 Å². The van der Waals surface area contributed by atoms with Gasteiger partial charge in [-0.25, -0.2) is 4.79 Å². The fourth-order valence-electron chi connectivity index (χ4n) is 3.46. The van der Waals surface area contributed by atoms with E-state index in [1.807, 2.05) is 18.2 Å². The number of rotatable bonds is 5. The van der Waals surface area contributed by atoms with Crippen molar-refractivity contribution in [2.45, 2.75) is 25.4 Å². The molecule has 1 atom stereocenters. The molecule has 0 spiro atoms. The first-order valence-corrected chi connectivity index (χ1v) is 9.61. The molecule has 0 bridgehead atoms. The smallest absolute Gasteiger partial charge is 0.341 e. The minimum Gasteiger partial charge on any atom is -0.444 e. The number of tetrazole rings is 1. The predicted molar refractivity (Wildman–Crippen MR) is 104 cm³/mol. The number of hydrogen-bond acceptors (Lipinski definition) is 6. The number of para-hydroxylation sites is 1. The normalized spacial score (nSPS) is 15.0. The van der Waals surface area contributed by atoms with Crippen LogP contribution >= 0.6 is 0 Å². The molecular weight excluding hydrogens is 370 g/mol. The molecule has 1 saturated heterocycles. The molecule has 29 heavy (non-hydrogen) atoms. The Kier molecular flexibility index (Phi) is 5.60. The van der Waals surface area contributed by atoms with Gasteiger partial charge in [0, 0.05) is 18.7 Å². The second-order valence-corrected chi connectivity index (χ2v) is 6.85. The number of nitrogens with zero attached hydrogens (tertiary/aromatic N) is 5. The van der Waals surface area contributed by atoms with E-state index in [1.54, 1.807) is 41.3 Å². The third-order valence-electron chi connectivity index (χ3n) is 4.94.